The number of rotatable bonds is 39. The van der Waals surface area contributed by atoms with Crippen molar-refractivity contribution in [3.63, 3.8) is 0 Å². The number of carbonyl (C=O) groups excluding carboxylic acids is 8. The Morgan fingerprint density at radius 1 is 0.312 bits per heavy atom. The number of ether oxygens (including phenoxy) is 12. The van der Waals surface area contributed by atoms with Crippen molar-refractivity contribution in [1.29, 1.82) is 0 Å². The summed E-state index contributed by atoms with van der Waals surface area (Å²) in [5.41, 5.74) is 0. The van der Waals surface area contributed by atoms with Crippen molar-refractivity contribution in [2.24, 2.45) is 35.5 Å². The second kappa shape index (κ2) is 32.4. The van der Waals surface area contributed by atoms with Gasteiger partial charge in [0.05, 0.1) is 126 Å². The lowest BCUT2D eigenvalue weighted by molar-refractivity contribution is -0.196. The van der Waals surface area contributed by atoms with Gasteiger partial charge in [-0.3, -0.25) is 38.4 Å². The smallest absolute Gasteiger partial charge is 0.310 e. The van der Waals surface area contributed by atoms with Crippen molar-refractivity contribution in [2.45, 2.75) is 241 Å². The topological polar surface area (TPSA) is 257 Å². The summed E-state index contributed by atoms with van der Waals surface area (Å²) in [6, 6.07) is 0. The van der Waals surface area contributed by atoms with E-state index in [4.69, 9.17) is 56.8 Å². The Morgan fingerprint density at radius 2 is 0.662 bits per heavy atom. The molecule has 0 spiro atoms. The predicted molar refractivity (Wildman–Crippen MR) is 282 cm³/mol. The molecule has 20 heteroatoms. The number of hydrogen-bond acceptors (Lipinski definition) is 20. The molecule has 5 saturated heterocycles. The molecule has 20 nitrogen and oxygen atoms in total. The third kappa shape index (κ3) is 21.7. The van der Waals surface area contributed by atoms with Crippen LogP contribution in [0.15, 0.2) is 0 Å². The molecule has 0 amide bonds. The molecule has 5 aliphatic heterocycles. The van der Waals surface area contributed by atoms with Gasteiger partial charge in [-0.2, -0.15) is 0 Å². The molecule has 2 bridgehead atoms. The second-order valence-corrected chi connectivity index (χ2v) is 23.9. The lowest BCUT2D eigenvalue weighted by Crippen LogP contribution is -2.49. The molecule has 4 aliphatic carbocycles. The fourth-order valence-electron chi connectivity index (χ4n) is 12.2. The maximum absolute atomic E-state index is 14.0. The van der Waals surface area contributed by atoms with E-state index >= 15 is 0 Å². The first-order valence-corrected chi connectivity index (χ1v) is 30.8. The monoisotopic (exact) mass is 1130 g/mol. The zero-order chi connectivity index (χ0) is 56.1. The van der Waals surface area contributed by atoms with Gasteiger partial charge in [-0.25, -0.2) is 0 Å². The quantitative estimate of drug-likeness (QED) is 0.0245. The largest absolute Gasteiger partial charge is 0.466 e. The Labute approximate surface area is 471 Å². The standard InChI is InChI=1S/C60H90O20/c61-53(73-35-39-17-22-46-50(29-39)78-46)13-5-1-9-25-69-57(65)33-44(59(67)71-27-11-3-7-14-54(62)74-36-40-18-23-47-51(30-40)79-47)45(60(68)72-28-12-4-8-15-55(63)75-37-41-19-24-48-52(31-41)80-48)34-58(66)70-26-10-2-6-16-56(64)76-38-42-20-21-43-32-49(42)77-43/h39-52H,1-38H2. The molecule has 450 valence electrons. The van der Waals surface area contributed by atoms with E-state index in [0.29, 0.717) is 164 Å². The first kappa shape index (κ1) is 61.7. The van der Waals surface area contributed by atoms with Gasteiger partial charge in [-0.1, -0.05) is 0 Å². The van der Waals surface area contributed by atoms with Crippen LogP contribution in [0.5, 0.6) is 0 Å². The Hall–Kier alpha value is -4.40. The van der Waals surface area contributed by atoms with E-state index in [0.717, 1.165) is 77.0 Å². The molecule has 0 N–H and O–H groups in total. The van der Waals surface area contributed by atoms with Crippen LogP contribution < -0.4 is 0 Å². The van der Waals surface area contributed by atoms with Crippen molar-refractivity contribution >= 4 is 47.8 Å². The molecular formula is C60H90O20. The summed E-state index contributed by atoms with van der Waals surface area (Å²) in [6.07, 6.45) is 19.9. The summed E-state index contributed by atoms with van der Waals surface area (Å²) in [7, 11) is 0. The number of fused-ring (bicyclic) bond motifs is 5. The highest BCUT2D eigenvalue weighted by Gasteiger charge is 2.47. The zero-order valence-electron chi connectivity index (χ0n) is 47.1. The lowest BCUT2D eigenvalue weighted by Gasteiger charge is -2.46. The Balaban J connectivity index is 0.783. The van der Waals surface area contributed by atoms with E-state index in [-0.39, 0.29) is 88.0 Å². The maximum atomic E-state index is 14.0. The molecule has 5 heterocycles. The Kier molecular flexibility index (Phi) is 25.0. The van der Waals surface area contributed by atoms with Gasteiger partial charge >= 0.3 is 47.8 Å². The first-order chi connectivity index (χ1) is 38.9. The molecule has 9 fully saturated rings. The summed E-state index contributed by atoms with van der Waals surface area (Å²) >= 11 is 0. The normalized spacial score (nSPS) is 29.1. The molecule has 14 unspecified atom stereocenters. The van der Waals surface area contributed by atoms with E-state index < -0.39 is 48.6 Å². The minimum absolute atomic E-state index is 0.00601. The van der Waals surface area contributed by atoms with Crippen molar-refractivity contribution in [2.75, 3.05) is 52.9 Å². The molecule has 0 aromatic rings. The summed E-state index contributed by atoms with van der Waals surface area (Å²) in [5, 5.41) is 0. The second-order valence-electron chi connectivity index (χ2n) is 23.9. The van der Waals surface area contributed by atoms with E-state index in [1.165, 1.54) is 0 Å². The van der Waals surface area contributed by atoms with Gasteiger partial charge < -0.3 is 56.8 Å². The number of hydrogen-bond donors (Lipinski definition) is 0. The predicted octanol–water partition coefficient (Wildman–Crippen LogP) is 7.86. The molecule has 4 saturated carbocycles. The number of esters is 8. The van der Waals surface area contributed by atoms with E-state index in [2.05, 4.69) is 0 Å². The summed E-state index contributed by atoms with van der Waals surface area (Å²) in [6.45, 7) is 1.34. The fraction of sp³-hybridized carbons (Fsp3) is 0.867. The SMILES string of the molecule is O=C(CCCCCOC(=O)CC(C(=O)OCCCCCC(=O)OCC1CCC2OC2C1)C(CC(=O)OCCCCCC(=O)OCC1CCC2CC1O2)C(=O)OCCCCCC(=O)OCC1CCC2OC2C1)OCC1CCC2OC2C1. The molecular weight excluding hydrogens is 1040 g/mol. The molecule has 0 aromatic heterocycles. The average molecular weight is 1130 g/mol. The van der Waals surface area contributed by atoms with Crippen LogP contribution >= 0.6 is 0 Å². The minimum Gasteiger partial charge on any atom is -0.466 e. The Bertz CT molecular complexity index is 2020. The third-order valence-corrected chi connectivity index (χ3v) is 17.5. The fourth-order valence-corrected chi connectivity index (χ4v) is 12.2. The van der Waals surface area contributed by atoms with Gasteiger partial charge in [0.1, 0.15) is 0 Å². The molecule has 14 atom stereocenters. The van der Waals surface area contributed by atoms with Crippen LogP contribution in [-0.4, -0.2) is 149 Å². The average Bonchev–Trinajstić information content (AvgIpc) is 4.36. The highest BCUT2D eigenvalue weighted by Crippen LogP contribution is 2.42. The van der Waals surface area contributed by atoms with Crippen LogP contribution in [-0.2, 0) is 95.2 Å². The van der Waals surface area contributed by atoms with Crippen molar-refractivity contribution in [1.82, 2.24) is 0 Å². The highest BCUT2D eigenvalue weighted by atomic mass is 16.6. The summed E-state index contributed by atoms with van der Waals surface area (Å²) in [5.74, 6) is -6.27. The van der Waals surface area contributed by atoms with E-state index in [1.807, 2.05) is 0 Å². The van der Waals surface area contributed by atoms with Crippen LogP contribution in [0, 0.1) is 35.5 Å². The number of epoxide rings is 3. The van der Waals surface area contributed by atoms with Crippen molar-refractivity contribution in [3.05, 3.63) is 0 Å². The van der Waals surface area contributed by atoms with Gasteiger partial charge in [-0.15, -0.1) is 0 Å². The Morgan fingerprint density at radius 3 is 1.00 bits per heavy atom. The molecule has 9 aliphatic rings. The van der Waals surface area contributed by atoms with Crippen LogP contribution in [0.4, 0.5) is 0 Å². The third-order valence-electron chi connectivity index (χ3n) is 17.5. The maximum Gasteiger partial charge on any atom is 0.310 e. The van der Waals surface area contributed by atoms with E-state index in [9.17, 15) is 38.4 Å². The zero-order valence-corrected chi connectivity index (χ0v) is 47.1. The molecule has 0 aromatic carbocycles. The summed E-state index contributed by atoms with van der Waals surface area (Å²) < 4.78 is 67.1. The van der Waals surface area contributed by atoms with Crippen molar-refractivity contribution in [3.8, 4) is 0 Å². The highest BCUT2D eigenvalue weighted by molar-refractivity contribution is 5.88. The van der Waals surface area contributed by atoms with Crippen LogP contribution in [0.25, 0.3) is 0 Å². The molecule has 0 radical (unpaired) electrons. The number of unbranched alkanes of at least 4 members (excludes halogenated alkanes) is 8. The number of carbonyl (C=O) groups is 8. The van der Waals surface area contributed by atoms with Gasteiger partial charge in [0, 0.05) is 38.0 Å². The molecule has 80 heavy (non-hydrogen) atoms. The molecule has 9 rings (SSSR count). The van der Waals surface area contributed by atoms with Gasteiger partial charge in [-0.05, 0) is 165 Å². The van der Waals surface area contributed by atoms with Gasteiger partial charge in [0.25, 0.3) is 0 Å². The van der Waals surface area contributed by atoms with Gasteiger partial charge in [0.15, 0.2) is 0 Å². The van der Waals surface area contributed by atoms with Crippen molar-refractivity contribution < 1.29 is 95.2 Å². The van der Waals surface area contributed by atoms with Gasteiger partial charge in [0.2, 0.25) is 0 Å². The minimum atomic E-state index is -1.47. The van der Waals surface area contributed by atoms with Crippen LogP contribution in [0.2, 0.25) is 0 Å². The summed E-state index contributed by atoms with van der Waals surface area (Å²) in [4.78, 5) is 105. The van der Waals surface area contributed by atoms with Crippen LogP contribution in [0.1, 0.15) is 193 Å². The van der Waals surface area contributed by atoms with Crippen LogP contribution in [0.3, 0.4) is 0 Å². The lowest BCUT2D eigenvalue weighted by atomic mass is 9.80. The first-order valence-electron chi connectivity index (χ1n) is 30.8. The van der Waals surface area contributed by atoms with E-state index in [1.54, 1.807) is 0 Å².